The van der Waals surface area contributed by atoms with E-state index >= 15 is 0 Å². The summed E-state index contributed by atoms with van der Waals surface area (Å²) in [5.41, 5.74) is 4.31. The van der Waals surface area contributed by atoms with Crippen molar-refractivity contribution in [3.63, 3.8) is 0 Å². The Hall–Kier alpha value is -1.48. The van der Waals surface area contributed by atoms with Gasteiger partial charge >= 0.3 is 29.6 Å². The topological polar surface area (TPSA) is 122 Å². The van der Waals surface area contributed by atoms with Crippen LogP contribution in [0.25, 0.3) is 16.3 Å². The summed E-state index contributed by atoms with van der Waals surface area (Å²) in [7, 11) is -8.57. The summed E-state index contributed by atoms with van der Waals surface area (Å²) in [5.74, 6) is -0.801. The number of aromatic nitrogens is 1. The number of allylic oxidation sites excluding steroid dienone is 4. The van der Waals surface area contributed by atoms with Crippen LogP contribution in [0.1, 0.15) is 44.5 Å². The van der Waals surface area contributed by atoms with Crippen LogP contribution in [0.3, 0.4) is 0 Å². The van der Waals surface area contributed by atoms with Crippen molar-refractivity contribution in [2.24, 2.45) is 5.41 Å². The zero-order valence-corrected chi connectivity index (χ0v) is 29.8. The van der Waals surface area contributed by atoms with Crippen LogP contribution in [0, 0.1) is 5.41 Å². The normalized spacial score (nSPS) is 18.6. The molecule has 3 aromatic rings. The van der Waals surface area contributed by atoms with Crippen LogP contribution in [0.2, 0.25) is 0 Å². The first-order valence-corrected chi connectivity index (χ1v) is 18.5. The average molecular weight is 669 g/mol. The molecule has 0 unspecified atom stereocenters. The number of hydrogen-bond donors (Lipinski definition) is 0. The third-order valence-electron chi connectivity index (χ3n) is 7.18. The van der Waals surface area contributed by atoms with Gasteiger partial charge in [0.1, 0.15) is 4.70 Å². The Morgan fingerprint density at radius 2 is 1.60 bits per heavy atom. The summed E-state index contributed by atoms with van der Waals surface area (Å²) in [6.45, 7) is 5.32. The Labute approximate surface area is 284 Å². The Balaban J connectivity index is 0.00000423. The summed E-state index contributed by atoms with van der Waals surface area (Å²) in [5, 5.41) is 2.00. The Kier molecular flexibility index (Phi) is 11.1. The van der Waals surface area contributed by atoms with Crippen LogP contribution < -0.4 is 39.0 Å². The maximum absolute atomic E-state index is 11.2. The van der Waals surface area contributed by atoms with Gasteiger partial charge in [-0.05, 0) is 60.1 Å². The molecule has 1 aliphatic carbocycles. The van der Waals surface area contributed by atoms with Gasteiger partial charge in [0.05, 0.1) is 31.0 Å². The van der Waals surface area contributed by atoms with Gasteiger partial charge in [-0.25, -0.2) is 16.8 Å². The van der Waals surface area contributed by atoms with Crippen LogP contribution in [0.15, 0.2) is 81.8 Å². The fourth-order valence-corrected chi connectivity index (χ4v) is 8.89. The smallest absolute Gasteiger partial charge is 0.748 e. The van der Waals surface area contributed by atoms with Gasteiger partial charge in [0, 0.05) is 41.5 Å². The SMILES string of the molecule is CC1(C)CC(/C=C2\Sc3ccccc3N2CCCS(=O)(=O)[O-])=CC(=C/c2sc3ccccc3[n+]2CCCS(=O)(=O)[O-])/C1.[Na+]. The predicted molar refractivity (Wildman–Crippen MR) is 167 cm³/mol. The van der Waals surface area contributed by atoms with Crippen LogP contribution in [-0.2, 0) is 26.8 Å². The Morgan fingerprint density at radius 3 is 2.35 bits per heavy atom. The molecule has 0 radical (unpaired) electrons. The molecular weight excluding hydrogens is 636 g/mol. The molecule has 1 aromatic heterocycles. The second kappa shape index (κ2) is 13.9. The van der Waals surface area contributed by atoms with E-state index in [-0.39, 0.29) is 47.8 Å². The number of aryl methyl sites for hydroxylation is 1. The van der Waals surface area contributed by atoms with E-state index in [2.05, 4.69) is 41.5 Å². The first-order valence-electron chi connectivity index (χ1n) is 13.7. The molecule has 2 aromatic carbocycles. The molecule has 0 amide bonds. The molecule has 43 heavy (non-hydrogen) atoms. The van der Waals surface area contributed by atoms with E-state index in [9.17, 15) is 25.9 Å². The van der Waals surface area contributed by atoms with Gasteiger partial charge in [-0.1, -0.05) is 67.3 Å². The first-order chi connectivity index (χ1) is 19.8. The zero-order valence-electron chi connectivity index (χ0n) is 24.5. The number of rotatable bonds is 10. The van der Waals surface area contributed by atoms with Crippen molar-refractivity contribution >= 4 is 65.3 Å². The van der Waals surface area contributed by atoms with Gasteiger partial charge in [0.15, 0.2) is 6.54 Å². The summed E-state index contributed by atoms with van der Waals surface area (Å²) in [6.07, 6.45) is 8.76. The van der Waals surface area contributed by atoms with Gasteiger partial charge in [0.2, 0.25) is 5.52 Å². The second-order valence-electron chi connectivity index (χ2n) is 11.5. The first kappa shape index (κ1) is 34.4. The number of para-hydroxylation sites is 2. The van der Waals surface area contributed by atoms with Crippen molar-refractivity contribution in [3.8, 4) is 0 Å². The fraction of sp³-hybridized carbons (Fsp3) is 0.367. The van der Waals surface area contributed by atoms with E-state index in [1.54, 1.807) is 23.1 Å². The van der Waals surface area contributed by atoms with Crippen LogP contribution >= 0.6 is 23.1 Å². The molecule has 0 atom stereocenters. The Bertz CT molecular complexity index is 1810. The molecule has 13 heteroatoms. The molecule has 2 aliphatic rings. The molecule has 1 aliphatic heterocycles. The number of thiazole rings is 1. The quantitative estimate of drug-likeness (QED) is 0.184. The molecule has 8 nitrogen and oxygen atoms in total. The van der Waals surface area contributed by atoms with Gasteiger partial charge in [-0.3, -0.25) is 0 Å². The van der Waals surface area contributed by atoms with Gasteiger partial charge in [-0.15, -0.1) is 0 Å². The van der Waals surface area contributed by atoms with Crippen molar-refractivity contribution < 1.29 is 60.1 Å². The van der Waals surface area contributed by atoms with Crippen molar-refractivity contribution in [1.29, 1.82) is 0 Å². The number of anilines is 1. The van der Waals surface area contributed by atoms with Crippen molar-refractivity contribution in [2.75, 3.05) is 23.0 Å². The van der Waals surface area contributed by atoms with Gasteiger partial charge in [-0.2, -0.15) is 4.57 Å². The maximum atomic E-state index is 11.2. The fourth-order valence-electron chi connectivity index (χ4n) is 5.59. The molecule has 0 spiro atoms. The van der Waals surface area contributed by atoms with Crippen molar-refractivity contribution in [2.45, 2.75) is 51.0 Å². The van der Waals surface area contributed by atoms with Gasteiger partial charge < -0.3 is 14.0 Å². The van der Waals surface area contributed by atoms with E-state index in [0.29, 0.717) is 13.1 Å². The van der Waals surface area contributed by atoms with E-state index in [1.165, 1.54) is 0 Å². The monoisotopic (exact) mass is 668 g/mol. The minimum Gasteiger partial charge on any atom is -0.748 e. The number of benzene rings is 2. The van der Waals surface area contributed by atoms with E-state index in [4.69, 9.17) is 0 Å². The number of thioether (sulfide) groups is 1. The standard InChI is InChI=1S/C30H34N2O6S4.Na/c1-30(2)20-22(18-28-31(13-7-15-41(33,34)35)24-9-3-5-11-26(24)39-28)17-23(21-30)19-29-32(14-8-16-42(36,37)38)25-10-4-6-12-27(25)40-29;/h3-6,9-12,17-19H,7-8,13-16,20-21H2,1-2H3,(H-,33,34,35,36,37,38);/q;+1/p-1. The van der Waals surface area contributed by atoms with Gasteiger partial charge in [0.25, 0.3) is 5.01 Å². The van der Waals surface area contributed by atoms with Crippen molar-refractivity contribution in [3.05, 3.63) is 81.9 Å². The van der Waals surface area contributed by atoms with Crippen LogP contribution in [-0.4, -0.2) is 44.0 Å². The molecule has 5 rings (SSSR count). The summed E-state index contributed by atoms with van der Waals surface area (Å²) < 4.78 is 70.6. The average Bonchev–Trinajstić information content (AvgIpc) is 3.39. The molecule has 0 bridgehead atoms. The predicted octanol–water partition coefficient (Wildman–Crippen LogP) is 2.65. The second-order valence-corrected chi connectivity index (χ2v) is 16.6. The molecule has 0 N–H and O–H groups in total. The van der Waals surface area contributed by atoms with Crippen LogP contribution in [0.5, 0.6) is 0 Å². The molecular formula is C30H33N2NaO6S4. The summed E-state index contributed by atoms with van der Waals surface area (Å²) >= 11 is 3.28. The van der Waals surface area contributed by atoms with E-state index < -0.39 is 31.7 Å². The Morgan fingerprint density at radius 1 is 0.930 bits per heavy atom. The van der Waals surface area contributed by atoms with Crippen molar-refractivity contribution in [1.82, 2.24) is 0 Å². The molecule has 2 heterocycles. The number of nitrogens with zero attached hydrogens (tertiary/aromatic N) is 2. The number of fused-ring (bicyclic) bond motifs is 2. The molecule has 0 fully saturated rings. The molecule has 0 saturated heterocycles. The van der Waals surface area contributed by atoms with E-state index in [0.717, 1.165) is 54.8 Å². The number of hydrogen-bond acceptors (Lipinski definition) is 9. The largest absolute Gasteiger partial charge is 1.00 e. The summed E-state index contributed by atoms with van der Waals surface area (Å²) in [4.78, 5) is 3.19. The minimum absolute atomic E-state index is 0. The summed E-state index contributed by atoms with van der Waals surface area (Å²) in [6, 6.07) is 16.0. The van der Waals surface area contributed by atoms with Crippen LogP contribution in [0.4, 0.5) is 5.69 Å². The molecule has 224 valence electrons. The third kappa shape index (κ3) is 9.27. The molecule has 0 saturated carbocycles. The zero-order chi connectivity index (χ0) is 30.1. The maximum Gasteiger partial charge on any atom is 1.00 e. The third-order valence-corrected chi connectivity index (χ3v) is 11.0. The minimum atomic E-state index is -4.29. The van der Waals surface area contributed by atoms with E-state index in [1.807, 2.05) is 48.5 Å².